The van der Waals surface area contributed by atoms with E-state index < -0.39 is 0 Å². The molecule has 3 rings (SSSR count). The maximum Gasteiger partial charge on any atom is 0.191 e. The summed E-state index contributed by atoms with van der Waals surface area (Å²) in [5, 5.41) is 0. The van der Waals surface area contributed by atoms with Gasteiger partial charge in [-0.1, -0.05) is 33.6 Å². The lowest BCUT2D eigenvalue weighted by atomic mass is 9.61. The SMILES string of the molecule is CC(C)(C)C1CCCCC12CN=C(N)N2CC1CC1. The fraction of sp³-hybridized carbons (Fsp3) is 0.938. The lowest BCUT2D eigenvalue weighted by Gasteiger charge is -2.52. The molecule has 3 heteroatoms. The number of nitrogens with zero attached hydrogens (tertiary/aromatic N) is 2. The molecule has 0 aromatic carbocycles. The molecule has 1 spiro atoms. The number of nitrogens with two attached hydrogens (primary N) is 1. The Morgan fingerprint density at radius 3 is 2.63 bits per heavy atom. The molecule has 2 fully saturated rings. The van der Waals surface area contributed by atoms with Crippen molar-refractivity contribution in [3.8, 4) is 0 Å². The fourth-order valence-corrected chi connectivity index (χ4v) is 4.42. The van der Waals surface area contributed by atoms with Crippen LogP contribution >= 0.6 is 0 Å². The van der Waals surface area contributed by atoms with Gasteiger partial charge in [0.2, 0.25) is 0 Å². The summed E-state index contributed by atoms with van der Waals surface area (Å²) in [5.41, 5.74) is 6.83. The van der Waals surface area contributed by atoms with Crippen molar-refractivity contribution in [2.75, 3.05) is 13.1 Å². The van der Waals surface area contributed by atoms with Crippen LogP contribution in [0, 0.1) is 17.3 Å². The Morgan fingerprint density at radius 1 is 1.26 bits per heavy atom. The first-order valence-corrected chi connectivity index (χ1v) is 8.01. The summed E-state index contributed by atoms with van der Waals surface area (Å²) in [6, 6.07) is 0. The second-order valence-electron chi connectivity index (χ2n) is 8.00. The number of aliphatic imine (C=N–C) groups is 1. The molecular formula is C16H29N3. The maximum atomic E-state index is 6.24. The quantitative estimate of drug-likeness (QED) is 0.832. The van der Waals surface area contributed by atoms with Gasteiger partial charge in [-0.3, -0.25) is 4.99 Å². The van der Waals surface area contributed by atoms with Gasteiger partial charge >= 0.3 is 0 Å². The van der Waals surface area contributed by atoms with E-state index in [9.17, 15) is 0 Å². The molecule has 0 aromatic rings. The van der Waals surface area contributed by atoms with Gasteiger partial charge in [-0.25, -0.2) is 0 Å². The molecule has 2 aliphatic carbocycles. The smallest absolute Gasteiger partial charge is 0.191 e. The Kier molecular flexibility index (Phi) is 3.06. The van der Waals surface area contributed by atoms with Gasteiger partial charge in [0, 0.05) is 6.54 Å². The van der Waals surface area contributed by atoms with Crippen molar-refractivity contribution >= 4 is 5.96 Å². The van der Waals surface area contributed by atoms with Crippen LogP contribution in [0.2, 0.25) is 0 Å². The van der Waals surface area contributed by atoms with E-state index in [2.05, 4.69) is 30.7 Å². The van der Waals surface area contributed by atoms with Crippen LogP contribution in [-0.4, -0.2) is 29.5 Å². The third-order valence-corrected chi connectivity index (χ3v) is 5.51. The molecule has 2 saturated carbocycles. The average molecular weight is 263 g/mol. The van der Waals surface area contributed by atoms with Gasteiger partial charge < -0.3 is 10.6 Å². The molecule has 19 heavy (non-hydrogen) atoms. The molecular weight excluding hydrogens is 234 g/mol. The van der Waals surface area contributed by atoms with Crippen LogP contribution in [0.3, 0.4) is 0 Å². The third-order valence-electron chi connectivity index (χ3n) is 5.51. The standard InChI is InChI=1S/C16H29N3/c1-15(2,3)13-6-4-5-9-16(13)11-18-14(17)19(16)10-12-7-8-12/h12-13H,4-11H2,1-3H3,(H2,17,18). The minimum Gasteiger partial charge on any atom is -0.370 e. The van der Waals surface area contributed by atoms with Gasteiger partial charge in [-0.2, -0.15) is 0 Å². The summed E-state index contributed by atoms with van der Waals surface area (Å²) in [7, 11) is 0. The van der Waals surface area contributed by atoms with Crippen molar-refractivity contribution < 1.29 is 0 Å². The van der Waals surface area contributed by atoms with Crippen LogP contribution in [0.4, 0.5) is 0 Å². The summed E-state index contributed by atoms with van der Waals surface area (Å²) in [5.74, 6) is 2.42. The Balaban J connectivity index is 1.89. The predicted octanol–water partition coefficient (Wildman–Crippen LogP) is 3.00. The Bertz CT molecular complexity index is 378. The van der Waals surface area contributed by atoms with Crippen molar-refractivity contribution in [3.63, 3.8) is 0 Å². The van der Waals surface area contributed by atoms with E-state index in [0.717, 1.165) is 30.9 Å². The first-order chi connectivity index (χ1) is 8.93. The van der Waals surface area contributed by atoms with E-state index in [1.165, 1.54) is 38.5 Å². The highest BCUT2D eigenvalue weighted by molar-refractivity contribution is 5.81. The van der Waals surface area contributed by atoms with E-state index in [4.69, 9.17) is 5.73 Å². The van der Waals surface area contributed by atoms with Crippen molar-refractivity contribution in [2.45, 2.75) is 64.8 Å². The number of rotatable bonds is 2. The fourth-order valence-electron chi connectivity index (χ4n) is 4.42. The maximum absolute atomic E-state index is 6.24. The normalized spacial score (nSPS) is 35.8. The molecule has 0 bridgehead atoms. The van der Waals surface area contributed by atoms with Gasteiger partial charge in [-0.05, 0) is 42.9 Å². The zero-order valence-corrected chi connectivity index (χ0v) is 12.8. The number of hydrogen-bond donors (Lipinski definition) is 1. The van der Waals surface area contributed by atoms with Crippen LogP contribution in [-0.2, 0) is 0 Å². The van der Waals surface area contributed by atoms with Gasteiger partial charge in [0.05, 0.1) is 12.1 Å². The molecule has 3 nitrogen and oxygen atoms in total. The van der Waals surface area contributed by atoms with Crippen LogP contribution in [0.25, 0.3) is 0 Å². The summed E-state index contributed by atoms with van der Waals surface area (Å²) in [6.45, 7) is 9.28. The molecule has 0 aromatic heterocycles. The molecule has 1 aliphatic heterocycles. The Morgan fingerprint density at radius 2 is 2.00 bits per heavy atom. The minimum atomic E-state index is 0.239. The van der Waals surface area contributed by atoms with Gasteiger partial charge in [0.25, 0.3) is 0 Å². The molecule has 2 N–H and O–H groups in total. The summed E-state index contributed by atoms with van der Waals surface area (Å²) in [4.78, 5) is 7.17. The van der Waals surface area contributed by atoms with Crippen molar-refractivity contribution in [3.05, 3.63) is 0 Å². The number of hydrogen-bond acceptors (Lipinski definition) is 3. The van der Waals surface area contributed by atoms with E-state index in [1.807, 2.05) is 0 Å². The minimum absolute atomic E-state index is 0.239. The molecule has 2 unspecified atom stereocenters. The first-order valence-electron chi connectivity index (χ1n) is 8.01. The summed E-state index contributed by atoms with van der Waals surface area (Å²) < 4.78 is 0. The van der Waals surface area contributed by atoms with E-state index in [1.54, 1.807) is 0 Å². The molecule has 0 saturated heterocycles. The first kappa shape index (κ1) is 13.3. The number of guanidine groups is 1. The molecule has 1 heterocycles. The van der Waals surface area contributed by atoms with Crippen LogP contribution in [0.1, 0.15) is 59.3 Å². The summed E-state index contributed by atoms with van der Waals surface area (Å²) >= 11 is 0. The van der Waals surface area contributed by atoms with Gasteiger partial charge in [0.1, 0.15) is 0 Å². The highest BCUT2D eigenvalue weighted by Gasteiger charge is 2.53. The third kappa shape index (κ3) is 2.25. The lowest BCUT2D eigenvalue weighted by Crippen LogP contribution is -2.60. The molecule has 2 atom stereocenters. The Hall–Kier alpha value is -0.730. The highest BCUT2D eigenvalue weighted by Crippen LogP contribution is 2.50. The highest BCUT2D eigenvalue weighted by atomic mass is 15.4. The molecule has 0 radical (unpaired) electrons. The second-order valence-corrected chi connectivity index (χ2v) is 8.00. The van der Waals surface area contributed by atoms with Gasteiger partial charge in [0.15, 0.2) is 5.96 Å². The second kappa shape index (κ2) is 4.39. The van der Waals surface area contributed by atoms with Crippen molar-refractivity contribution in [1.29, 1.82) is 0 Å². The van der Waals surface area contributed by atoms with Crippen LogP contribution in [0.5, 0.6) is 0 Å². The van der Waals surface area contributed by atoms with Crippen LogP contribution < -0.4 is 5.73 Å². The molecule has 3 aliphatic rings. The zero-order valence-electron chi connectivity index (χ0n) is 12.8. The Labute approximate surface area is 117 Å². The topological polar surface area (TPSA) is 41.6 Å². The van der Waals surface area contributed by atoms with Gasteiger partial charge in [-0.15, -0.1) is 0 Å². The zero-order chi connectivity index (χ0) is 13.7. The van der Waals surface area contributed by atoms with E-state index >= 15 is 0 Å². The molecule has 0 amide bonds. The monoisotopic (exact) mass is 263 g/mol. The average Bonchev–Trinajstić information content (AvgIpc) is 3.11. The predicted molar refractivity (Wildman–Crippen MR) is 80.1 cm³/mol. The largest absolute Gasteiger partial charge is 0.370 e. The van der Waals surface area contributed by atoms with Crippen molar-refractivity contribution in [1.82, 2.24) is 4.90 Å². The molecule has 108 valence electrons. The van der Waals surface area contributed by atoms with Crippen LogP contribution in [0.15, 0.2) is 4.99 Å². The van der Waals surface area contributed by atoms with E-state index in [0.29, 0.717) is 5.41 Å². The lowest BCUT2D eigenvalue weighted by molar-refractivity contribution is 0.00455. The van der Waals surface area contributed by atoms with Crippen molar-refractivity contribution in [2.24, 2.45) is 28.0 Å². The summed E-state index contributed by atoms with van der Waals surface area (Å²) in [6.07, 6.45) is 8.12. The van der Waals surface area contributed by atoms with E-state index in [-0.39, 0.29) is 5.54 Å².